The summed E-state index contributed by atoms with van der Waals surface area (Å²) < 4.78 is 3.18. The first kappa shape index (κ1) is 17.1. The van der Waals surface area contributed by atoms with Crippen molar-refractivity contribution in [3.8, 4) is 0 Å². The van der Waals surface area contributed by atoms with Crippen LogP contribution in [0.3, 0.4) is 0 Å². The van der Waals surface area contributed by atoms with E-state index in [1.807, 2.05) is 41.9 Å². The molecular formula is C21H18N2OS2. The lowest BCUT2D eigenvalue weighted by Crippen LogP contribution is -2.14. The Hall–Kier alpha value is -2.37. The van der Waals surface area contributed by atoms with Gasteiger partial charge in [-0.15, -0.1) is 11.8 Å². The van der Waals surface area contributed by atoms with Gasteiger partial charge in [0.1, 0.15) is 0 Å². The molecule has 5 heteroatoms. The van der Waals surface area contributed by atoms with Crippen LogP contribution in [-0.4, -0.2) is 16.2 Å². The molecule has 0 fully saturated rings. The molecule has 0 saturated carbocycles. The fourth-order valence-electron chi connectivity index (χ4n) is 2.99. The number of benzene rings is 3. The Kier molecular flexibility index (Phi) is 4.91. The summed E-state index contributed by atoms with van der Waals surface area (Å²) in [7, 11) is 1.98. The Balaban J connectivity index is 1.58. The number of rotatable bonds is 4. The predicted octanol–water partition coefficient (Wildman–Crippen LogP) is 4.75. The third-order valence-electron chi connectivity index (χ3n) is 4.24. The third kappa shape index (κ3) is 3.45. The number of carbonyl (C=O) groups is 1. The molecule has 4 aromatic rings. The molecule has 0 atom stereocenters. The van der Waals surface area contributed by atoms with Crippen LogP contribution < -0.4 is 4.80 Å². The molecule has 0 spiro atoms. The minimum Gasteiger partial charge on any atom is -0.319 e. The van der Waals surface area contributed by atoms with E-state index in [-0.39, 0.29) is 5.91 Å². The van der Waals surface area contributed by atoms with E-state index in [2.05, 4.69) is 41.4 Å². The summed E-state index contributed by atoms with van der Waals surface area (Å²) in [6.07, 6.45) is 0. The quantitative estimate of drug-likeness (QED) is 0.513. The van der Waals surface area contributed by atoms with Crippen LogP contribution in [0.2, 0.25) is 0 Å². The van der Waals surface area contributed by atoms with Gasteiger partial charge in [-0.1, -0.05) is 72.0 Å². The van der Waals surface area contributed by atoms with Gasteiger partial charge in [0.05, 0.1) is 16.0 Å². The highest BCUT2D eigenvalue weighted by Gasteiger charge is 2.08. The number of aromatic nitrogens is 1. The van der Waals surface area contributed by atoms with Crippen molar-refractivity contribution in [1.29, 1.82) is 0 Å². The lowest BCUT2D eigenvalue weighted by molar-refractivity contribution is -0.115. The van der Waals surface area contributed by atoms with E-state index in [9.17, 15) is 4.79 Å². The fraction of sp³-hybridized carbons (Fsp3) is 0.143. The van der Waals surface area contributed by atoms with Crippen LogP contribution >= 0.6 is 23.1 Å². The molecule has 3 aromatic carbocycles. The van der Waals surface area contributed by atoms with Crippen LogP contribution in [0, 0.1) is 0 Å². The Morgan fingerprint density at radius 3 is 2.65 bits per heavy atom. The van der Waals surface area contributed by atoms with Crippen molar-refractivity contribution in [2.45, 2.75) is 5.75 Å². The Morgan fingerprint density at radius 2 is 1.81 bits per heavy atom. The highest BCUT2D eigenvalue weighted by atomic mass is 32.2. The second-order valence-electron chi connectivity index (χ2n) is 6.06. The zero-order chi connectivity index (χ0) is 17.9. The number of aryl methyl sites for hydroxylation is 1. The maximum Gasteiger partial charge on any atom is 0.258 e. The first-order valence-electron chi connectivity index (χ1n) is 8.39. The van der Waals surface area contributed by atoms with Gasteiger partial charge in [-0.3, -0.25) is 4.79 Å². The number of fused-ring (bicyclic) bond motifs is 3. The van der Waals surface area contributed by atoms with Crippen molar-refractivity contribution >= 4 is 50.0 Å². The number of thioether (sulfide) groups is 1. The number of thiazole rings is 1. The third-order valence-corrected chi connectivity index (χ3v) is 6.33. The molecule has 0 aliphatic carbocycles. The van der Waals surface area contributed by atoms with Gasteiger partial charge in [-0.2, -0.15) is 4.99 Å². The molecule has 4 rings (SSSR count). The highest BCUT2D eigenvalue weighted by molar-refractivity contribution is 7.99. The maximum absolute atomic E-state index is 12.3. The molecule has 1 amide bonds. The molecule has 0 saturated heterocycles. The molecule has 0 bridgehead atoms. The lowest BCUT2D eigenvalue weighted by atomic mass is 10.1. The maximum atomic E-state index is 12.3. The number of hydrogen-bond donors (Lipinski definition) is 0. The van der Waals surface area contributed by atoms with Crippen molar-refractivity contribution in [1.82, 2.24) is 4.57 Å². The van der Waals surface area contributed by atoms with Gasteiger partial charge in [-0.25, -0.2) is 0 Å². The zero-order valence-corrected chi connectivity index (χ0v) is 16.0. The van der Waals surface area contributed by atoms with Crippen LogP contribution in [0.1, 0.15) is 5.56 Å². The molecule has 1 heterocycles. The Bertz CT molecular complexity index is 1140. The molecule has 0 aliphatic rings. The minimum absolute atomic E-state index is 0.0857. The normalized spacial score (nSPS) is 12.1. The number of nitrogens with zero attached hydrogens (tertiary/aromatic N) is 2. The summed E-state index contributed by atoms with van der Waals surface area (Å²) in [5.74, 6) is 1.13. The summed E-state index contributed by atoms with van der Waals surface area (Å²) in [4.78, 5) is 17.4. The molecule has 0 aliphatic heterocycles. The standard InChI is InChI=1S/C21H18N2OS2/c1-23-20-17-10-6-5-9-16(17)11-12-18(20)26-21(23)22-19(24)14-25-13-15-7-3-2-4-8-15/h2-12H,13-14H2,1H3. The number of carbonyl (C=O) groups excluding carboxylic acids is 1. The van der Waals surface area contributed by atoms with Crippen LogP contribution in [0.15, 0.2) is 71.7 Å². The SMILES string of the molecule is Cn1c(=NC(=O)CSCc2ccccc2)sc2ccc3ccccc3c21. The van der Waals surface area contributed by atoms with Crippen molar-refractivity contribution in [3.63, 3.8) is 0 Å². The summed E-state index contributed by atoms with van der Waals surface area (Å²) in [5.41, 5.74) is 2.36. The van der Waals surface area contributed by atoms with Crippen molar-refractivity contribution in [2.24, 2.45) is 12.0 Å². The fourth-order valence-corrected chi connectivity index (χ4v) is 4.81. The molecule has 0 radical (unpaired) electrons. The number of hydrogen-bond acceptors (Lipinski definition) is 3. The molecule has 130 valence electrons. The predicted molar refractivity (Wildman–Crippen MR) is 111 cm³/mol. The zero-order valence-electron chi connectivity index (χ0n) is 14.4. The van der Waals surface area contributed by atoms with E-state index in [4.69, 9.17) is 0 Å². The van der Waals surface area contributed by atoms with Crippen molar-refractivity contribution in [2.75, 3.05) is 5.75 Å². The van der Waals surface area contributed by atoms with Gasteiger partial charge in [-0.05, 0) is 17.0 Å². The Labute approximate surface area is 160 Å². The first-order valence-corrected chi connectivity index (χ1v) is 10.4. The van der Waals surface area contributed by atoms with Gasteiger partial charge in [0.2, 0.25) is 0 Å². The van der Waals surface area contributed by atoms with Crippen molar-refractivity contribution < 1.29 is 4.79 Å². The smallest absolute Gasteiger partial charge is 0.258 e. The molecule has 1 aromatic heterocycles. The monoisotopic (exact) mass is 378 g/mol. The number of amides is 1. The van der Waals surface area contributed by atoms with Crippen LogP contribution in [0.4, 0.5) is 0 Å². The van der Waals surface area contributed by atoms with Crippen LogP contribution in [0.25, 0.3) is 21.0 Å². The average Bonchev–Trinajstić information content (AvgIpc) is 2.98. The summed E-state index contributed by atoms with van der Waals surface area (Å²) in [6, 6.07) is 22.7. The van der Waals surface area contributed by atoms with Gasteiger partial charge < -0.3 is 4.57 Å². The van der Waals surface area contributed by atoms with Gasteiger partial charge in [0.15, 0.2) is 4.80 Å². The topological polar surface area (TPSA) is 34.4 Å². The van der Waals surface area contributed by atoms with E-state index in [1.54, 1.807) is 23.1 Å². The van der Waals surface area contributed by atoms with Crippen LogP contribution in [0.5, 0.6) is 0 Å². The molecule has 3 nitrogen and oxygen atoms in total. The molecule has 26 heavy (non-hydrogen) atoms. The van der Waals surface area contributed by atoms with Gasteiger partial charge >= 0.3 is 0 Å². The van der Waals surface area contributed by atoms with Gasteiger partial charge in [0, 0.05) is 18.2 Å². The van der Waals surface area contributed by atoms with E-state index in [1.165, 1.54) is 16.3 Å². The van der Waals surface area contributed by atoms with Crippen LogP contribution in [-0.2, 0) is 17.6 Å². The largest absolute Gasteiger partial charge is 0.319 e. The van der Waals surface area contributed by atoms with E-state index in [0.29, 0.717) is 5.75 Å². The molecule has 0 N–H and O–H groups in total. The Morgan fingerprint density at radius 1 is 1.04 bits per heavy atom. The summed E-state index contributed by atoms with van der Waals surface area (Å²) in [6.45, 7) is 0. The van der Waals surface area contributed by atoms with E-state index < -0.39 is 0 Å². The molecule has 0 unspecified atom stereocenters. The van der Waals surface area contributed by atoms with E-state index in [0.717, 1.165) is 20.8 Å². The van der Waals surface area contributed by atoms with Crippen molar-refractivity contribution in [3.05, 3.63) is 77.1 Å². The summed E-state index contributed by atoms with van der Waals surface area (Å²) >= 11 is 3.16. The van der Waals surface area contributed by atoms with Gasteiger partial charge in [0.25, 0.3) is 5.91 Å². The minimum atomic E-state index is -0.0857. The highest BCUT2D eigenvalue weighted by Crippen LogP contribution is 2.26. The second-order valence-corrected chi connectivity index (χ2v) is 8.06. The lowest BCUT2D eigenvalue weighted by Gasteiger charge is -2.01. The van der Waals surface area contributed by atoms with E-state index >= 15 is 0 Å². The second kappa shape index (κ2) is 7.48. The molecular weight excluding hydrogens is 360 g/mol. The summed E-state index contributed by atoms with van der Waals surface area (Å²) in [5, 5.41) is 2.39. The first-order chi connectivity index (χ1) is 12.7. The average molecular weight is 379 g/mol.